The smallest absolute Gasteiger partial charge is 0.337 e. The lowest BCUT2D eigenvalue weighted by molar-refractivity contribution is -0.160. The van der Waals surface area contributed by atoms with Crippen LogP contribution in [0, 0.1) is 20.8 Å². The van der Waals surface area contributed by atoms with Crippen molar-refractivity contribution < 1.29 is 24.2 Å². The number of carbonyl (C=O) groups excluding carboxylic acids is 1. The van der Waals surface area contributed by atoms with Gasteiger partial charge in [-0.15, -0.1) is 0 Å². The van der Waals surface area contributed by atoms with E-state index in [2.05, 4.69) is 10.6 Å². The van der Waals surface area contributed by atoms with E-state index in [9.17, 15) is 14.7 Å². The lowest BCUT2D eigenvalue weighted by Gasteiger charge is -2.43. The van der Waals surface area contributed by atoms with E-state index in [4.69, 9.17) is 9.47 Å². The van der Waals surface area contributed by atoms with Crippen molar-refractivity contribution in [1.82, 2.24) is 0 Å². The van der Waals surface area contributed by atoms with Crippen LogP contribution in [-0.4, -0.2) is 41.3 Å². The van der Waals surface area contributed by atoms with Gasteiger partial charge in [0, 0.05) is 31.6 Å². The summed E-state index contributed by atoms with van der Waals surface area (Å²) in [6.07, 6.45) is -0.0526. The first-order chi connectivity index (χ1) is 15.9. The highest BCUT2D eigenvalue weighted by Gasteiger charge is 2.45. The number of benzene rings is 2. The van der Waals surface area contributed by atoms with E-state index in [1.165, 1.54) is 0 Å². The molecular formula is C27H34N2O5. The van der Waals surface area contributed by atoms with Gasteiger partial charge in [-0.05, 0) is 63.8 Å². The number of amides is 1. The van der Waals surface area contributed by atoms with Gasteiger partial charge in [-0.2, -0.15) is 0 Å². The second-order valence-corrected chi connectivity index (χ2v) is 10.4. The number of ether oxygens (including phenoxy) is 2. The molecule has 2 aromatic carbocycles. The lowest BCUT2D eigenvalue weighted by Crippen LogP contribution is -2.56. The second-order valence-electron chi connectivity index (χ2n) is 10.4. The molecule has 1 saturated heterocycles. The fraction of sp³-hybridized carbons (Fsp3) is 0.481. The monoisotopic (exact) mass is 466 g/mol. The summed E-state index contributed by atoms with van der Waals surface area (Å²) in [5, 5.41) is 16.9. The number of carbonyl (C=O) groups is 2. The third kappa shape index (κ3) is 4.30. The van der Waals surface area contributed by atoms with E-state index in [-0.39, 0.29) is 5.91 Å². The molecule has 7 nitrogen and oxygen atoms in total. The highest BCUT2D eigenvalue weighted by atomic mass is 16.5. The summed E-state index contributed by atoms with van der Waals surface area (Å²) in [5.74, 6) is -1.18. The molecule has 0 saturated carbocycles. The summed E-state index contributed by atoms with van der Waals surface area (Å²) in [6, 6.07) is 8.05. The number of hydrogen-bond acceptors (Lipinski definition) is 5. The predicted octanol–water partition coefficient (Wildman–Crippen LogP) is 5.13. The molecule has 2 aliphatic heterocycles. The Morgan fingerprint density at radius 3 is 2.24 bits per heavy atom. The molecule has 1 spiro atoms. The molecule has 1 atom stereocenters. The third-order valence-corrected chi connectivity index (χ3v) is 6.73. The predicted molar refractivity (Wildman–Crippen MR) is 132 cm³/mol. The zero-order valence-corrected chi connectivity index (χ0v) is 20.8. The largest absolute Gasteiger partial charge is 0.479 e. The number of carboxylic acids is 1. The van der Waals surface area contributed by atoms with Crippen molar-refractivity contribution in [2.45, 2.75) is 71.6 Å². The Morgan fingerprint density at radius 1 is 1.06 bits per heavy atom. The van der Waals surface area contributed by atoms with Gasteiger partial charge >= 0.3 is 5.97 Å². The van der Waals surface area contributed by atoms with Gasteiger partial charge in [0.15, 0.2) is 6.10 Å². The number of anilines is 2. The molecule has 4 rings (SSSR count). The van der Waals surface area contributed by atoms with Gasteiger partial charge in [-0.3, -0.25) is 4.79 Å². The quantitative estimate of drug-likeness (QED) is 0.578. The van der Waals surface area contributed by atoms with Crippen molar-refractivity contribution >= 4 is 23.3 Å². The molecule has 2 aromatic rings. The van der Waals surface area contributed by atoms with E-state index in [1.807, 2.05) is 65.8 Å². The van der Waals surface area contributed by atoms with Crippen LogP contribution in [0.5, 0.6) is 0 Å². The van der Waals surface area contributed by atoms with Crippen LogP contribution in [0.15, 0.2) is 24.3 Å². The molecule has 0 aliphatic carbocycles. The van der Waals surface area contributed by atoms with Crippen molar-refractivity contribution in [1.29, 1.82) is 0 Å². The topological polar surface area (TPSA) is 96.9 Å². The van der Waals surface area contributed by atoms with Gasteiger partial charge < -0.3 is 25.2 Å². The molecule has 34 heavy (non-hydrogen) atoms. The zero-order valence-electron chi connectivity index (χ0n) is 20.8. The number of hydrogen-bond donors (Lipinski definition) is 3. The van der Waals surface area contributed by atoms with Gasteiger partial charge in [0.1, 0.15) is 5.54 Å². The minimum Gasteiger partial charge on any atom is -0.479 e. The maximum absolute atomic E-state index is 13.3. The summed E-state index contributed by atoms with van der Waals surface area (Å²) in [7, 11) is 0. The number of rotatable bonds is 4. The third-order valence-electron chi connectivity index (χ3n) is 6.73. The first-order valence-corrected chi connectivity index (χ1v) is 11.8. The van der Waals surface area contributed by atoms with Crippen LogP contribution in [0.4, 0.5) is 11.4 Å². The van der Waals surface area contributed by atoms with Gasteiger partial charge in [-0.1, -0.05) is 29.8 Å². The van der Waals surface area contributed by atoms with Crippen LogP contribution < -0.4 is 10.6 Å². The molecule has 0 radical (unpaired) electrons. The Morgan fingerprint density at radius 2 is 1.68 bits per heavy atom. The molecule has 1 fully saturated rings. The number of nitrogens with one attached hydrogen (secondary N) is 2. The average Bonchev–Trinajstić information content (AvgIpc) is 2.77. The molecule has 0 bridgehead atoms. The van der Waals surface area contributed by atoms with Crippen LogP contribution >= 0.6 is 0 Å². The molecule has 0 aromatic heterocycles. The van der Waals surface area contributed by atoms with Gasteiger partial charge in [0.05, 0.1) is 17.0 Å². The van der Waals surface area contributed by atoms with Crippen molar-refractivity contribution in [2.24, 2.45) is 0 Å². The average molecular weight is 467 g/mol. The highest BCUT2D eigenvalue weighted by molar-refractivity contribution is 6.09. The standard InChI is InChI=1S/C27H34N2O5/c1-15-7-9-18(10-8-15)19-16(2)22-21(28-25(32)27(29-22)11-13-33-14-12-27)17(3)20(19)23(24(30)31)34-26(4,5)6/h7-10,23,29H,11-14H2,1-6H3,(H,28,32)(H,30,31)/t23-/m0/s1. The van der Waals surface area contributed by atoms with E-state index in [0.29, 0.717) is 42.9 Å². The number of aliphatic carboxylic acids is 1. The summed E-state index contributed by atoms with van der Waals surface area (Å²) in [6.45, 7) is 12.4. The number of carboxylic acid groups (broad SMARTS) is 1. The van der Waals surface area contributed by atoms with Gasteiger partial charge in [0.2, 0.25) is 5.91 Å². The summed E-state index contributed by atoms with van der Waals surface area (Å²) in [5.41, 5.74) is 5.01. The Hall–Kier alpha value is -2.90. The lowest BCUT2D eigenvalue weighted by atomic mass is 9.81. The van der Waals surface area contributed by atoms with Crippen LogP contribution in [0.1, 0.15) is 62.0 Å². The van der Waals surface area contributed by atoms with Crippen molar-refractivity contribution in [3.05, 3.63) is 46.5 Å². The number of fused-ring (bicyclic) bond motifs is 1. The molecule has 2 aliphatic rings. The van der Waals surface area contributed by atoms with Crippen LogP contribution in [0.3, 0.4) is 0 Å². The van der Waals surface area contributed by atoms with Crippen molar-refractivity contribution in [3.8, 4) is 11.1 Å². The van der Waals surface area contributed by atoms with Gasteiger partial charge in [0.25, 0.3) is 0 Å². The van der Waals surface area contributed by atoms with Crippen LogP contribution in [-0.2, 0) is 19.1 Å². The minimum absolute atomic E-state index is 0.108. The minimum atomic E-state index is -1.20. The molecular weight excluding hydrogens is 432 g/mol. The summed E-state index contributed by atoms with van der Waals surface area (Å²) < 4.78 is 11.6. The normalized spacial score (nSPS) is 18.1. The van der Waals surface area contributed by atoms with Crippen molar-refractivity contribution in [2.75, 3.05) is 23.8 Å². The first kappa shape index (κ1) is 24.2. The molecule has 3 N–H and O–H groups in total. The SMILES string of the molecule is Cc1ccc(-c2c(C)c3c(c(C)c2[C@H](OC(C)(C)C)C(=O)O)NC(=O)C2(CCOCC2)N3)cc1. The van der Waals surface area contributed by atoms with Crippen LogP contribution in [0.2, 0.25) is 0 Å². The summed E-state index contributed by atoms with van der Waals surface area (Å²) in [4.78, 5) is 25.8. The summed E-state index contributed by atoms with van der Waals surface area (Å²) >= 11 is 0. The molecule has 0 unspecified atom stereocenters. The Balaban J connectivity index is 1.99. The molecule has 1 amide bonds. The maximum Gasteiger partial charge on any atom is 0.337 e. The second kappa shape index (κ2) is 8.71. The zero-order chi connectivity index (χ0) is 24.8. The van der Waals surface area contributed by atoms with E-state index in [0.717, 1.165) is 27.9 Å². The molecule has 7 heteroatoms. The Kier molecular flexibility index (Phi) is 6.21. The van der Waals surface area contributed by atoms with E-state index < -0.39 is 23.2 Å². The fourth-order valence-corrected chi connectivity index (χ4v) is 4.94. The van der Waals surface area contributed by atoms with Gasteiger partial charge in [-0.25, -0.2) is 4.79 Å². The van der Waals surface area contributed by atoms with E-state index >= 15 is 0 Å². The Bertz CT molecular complexity index is 1130. The molecule has 182 valence electrons. The van der Waals surface area contributed by atoms with E-state index in [1.54, 1.807) is 0 Å². The Labute approximate surface area is 200 Å². The maximum atomic E-state index is 13.3. The number of aryl methyl sites for hydroxylation is 1. The fourth-order valence-electron chi connectivity index (χ4n) is 4.94. The molecule has 2 heterocycles. The first-order valence-electron chi connectivity index (χ1n) is 11.8. The van der Waals surface area contributed by atoms with Crippen molar-refractivity contribution in [3.63, 3.8) is 0 Å². The van der Waals surface area contributed by atoms with Crippen LogP contribution in [0.25, 0.3) is 11.1 Å². The highest BCUT2D eigenvalue weighted by Crippen LogP contribution is 2.48.